The molecule has 0 unspecified atom stereocenters. The minimum Gasteiger partial charge on any atom is -0.351 e. The summed E-state index contributed by atoms with van der Waals surface area (Å²) in [7, 11) is 0. The summed E-state index contributed by atoms with van der Waals surface area (Å²) in [5.41, 5.74) is -0.674. The molecule has 0 spiro atoms. The number of benzene rings is 1. The Kier molecular flexibility index (Phi) is 4.97. The van der Waals surface area contributed by atoms with Crippen molar-refractivity contribution >= 4 is 11.8 Å². The van der Waals surface area contributed by atoms with Crippen molar-refractivity contribution in [2.24, 2.45) is 5.92 Å². The van der Waals surface area contributed by atoms with Gasteiger partial charge in [-0.2, -0.15) is 13.2 Å². The molecule has 1 aromatic rings. The molecule has 1 N–H and O–H groups in total. The number of halogens is 3. The molecule has 2 rings (SSSR count). The van der Waals surface area contributed by atoms with Gasteiger partial charge in [-0.05, 0) is 11.6 Å². The number of nitrogens with zero attached hydrogens (tertiary/aromatic N) is 1. The highest BCUT2D eigenvalue weighted by Crippen LogP contribution is 2.32. The normalized spacial score (nSPS) is 18.6. The Morgan fingerprint density at radius 3 is 2.61 bits per heavy atom. The van der Waals surface area contributed by atoms with Gasteiger partial charge >= 0.3 is 6.18 Å². The molecule has 23 heavy (non-hydrogen) atoms. The van der Waals surface area contributed by atoms with Gasteiger partial charge in [0.15, 0.2) is 0 Å². The summed E-state index contributed by atoms with van der Waals surface area (Å²) in [4.78, 5) is 25.0. The molecular weight excluding hydrogens is 309 g/mol. The highest BCUT2D eigenvalue weighted by molar-refractivity contribution is 5.82. The van der Waals surface area contributed by atoms with E-state index in [9.17, 15) is 22.8 Å². The number of hydrogen-bond acceptors (Lipinski definition) is 2. The maximum absolute atomic E-state index is 13.0. The zero-order valence-corrected chi connectivity index (χ0v) is 13.0. The van der Waals surface area contributed by atoms with Gasteiger partial charge in [0.05, 0.1) is 11.6 Å². The van der Waals surface area contributed by atoms with Crippen LogP contribution in [0.3, 0.4) is 0 Å². The van der Waals surface area contributed by atoms with Crippen LogP contribution in [0.25, 0.3) is 0 Å². The van der Waals surface area contributed by atoms with E-state index in [1.54, 1.807) is 13.8 Å². The van der Waals surface area contributed by atoms with Gasteiger partial charge in [0.2, 0.25) is 11.8 Å². The molecule has 126 valence electrons. The molecule has 2 amide bonds. The number of carbonyl (C=O) groups excluding carboxylic acids is 2. The Balaban J connectivity index is 2.07. The molecule has 0 radical (unpaired) electrons. The largest absolute Gasteiger partial charge is 0.416 e. The lowest BCUT2D eigenvalue weighted by atomic mass is 10.1. The Morgan fingerprint density at radius 1 is 1.35 bits per heavy atom. The molecule has 4 nitrogen and oxygen atoms in total. The first kappa shape index (κ1) is 17.3. The van der Waals surface area contributed by atoms with E-state index in [0.29, 0.717) is 0 Å². The van der Waals surface area contributed by atoms with Crippen LogP contribution in [0.4, 0.5) is 13.2 Å². The first-order chi connectivity index (χ1) is 10.7. The third kappa shape index (κ3) is 4.24. The smallest absolute Gasteiger partial charge is 0.351 e. The zero-order chi connectivity index (χ0) is 17.2. The van der Waals surface area contributed by atoms with Gasteiger partial charge in [0.1, 0.15) is 0 Å². The van der Waals surface area contributed by atoms with Crippen molar-refractivity contribution in [2.75, 3.05) is 6.54 Å². The van der Waals surface area contributed by atoms with Gasteiger partial charge in [-0.25, -0.2) is 0 Å². The van der Waals surface area contributed by atoms with Crippen LogP contribution in [0.15, 0.2) is 24.3 Å². The van der Waals surface area contributed by atoms with Crippen molar-refractivity contribution in [1.29, 1.82) is 0 Å². The lowest BCUT2D eigenvalue weighted by molar-refractivity contribution is -0.139. The SMILES string of the molecule is CC(C)C(=O)N[C@@H]1CC(=O)N(Cc2ccccc2C(F)(F)F)C1. The lowest BCUT2D eigenvalue weighted by Gasteiger charge is -2.20. The minimum atomic E-state index is -4.45. The second-order valence-electron chi connectivity index (χ2n) is 5.99. The van der Waals surface area contributed by atoms with E-state index in [0.717, 1.165) is 6.07 Å². The van der Waals surface area contributed by atoms with E-state index in [4.69, 9.17) is 0 Å². The number of amides is 2. The van der Waals surface area contributed by atoms with Crippen LogP contribution in [0.1, 0.15) is 31.4 Å². The van der Waals surface area contributed by atoms with Crippen molar-refractivity contribution in [3.05, 3.63) is 35.4 Å². The quantitative estimate of drug-likeness (QED) is 0.923. The van der Waals surface area contributed by atoms with Gasteiger partial charge in [-0.3, -0.25) is 9.59 Å². The summed E-state index contributed by atoms with van der Waals surface area (Å²) in [5, 5.41) is 2.75. The molecule has 1 atom stereocenters. The highest BCUT2D eigenvalue weighted by Gasteiger charge is 2.36. The standard InChI is InChI=1S/C16H19F3N2O2/c1-10(2)15(23)20-12-7-14(22)21(9-12)8-11-5-3-4-6-13(11)16(17,18)19/h3-6,10,12H,7-9H2,1-2H3,(H,20,23)/t12-/m1/s1. The van der Waals surface area contributed by atoms with Crippen molar-refractivity contribution < 1.29 is 22.8 Å². The molecule has 0 saturated carbocycles. The van der Waals surface area contributed by atoms with Crippen LogP contribution in [0.2, 0.25) is 0 Å². The third-order valence-corrected chi connectivity index (χ3v) is 3.77. The Hall–Kier alpha value is -2.05. The number of nitrogens with one attached hydrogen (secondary N) is 1. The topological polar surface area (TPSA) is 49.4 Å². The number of carbonyl (C=O) groups is 2. The summed E-state index contributed by atoms with van der Waals surface area (Å²) in [6.07, 6.45) is -4.34. The first-order valence-electron chi connectivity index (χ1n) is 7.41. The zero-order valence-electron chi connectivity index (χ0n) is 13.0. The van der Waals surface area contributed by atoms with Crippen molar-refractivity contribution in [3.63, 3.8) is 0 Å². The van der Waals surface area contributed by atoms with Gasteiger partial charge in [-0.1, -0.05) is 32.0 Å². The van der Waals surface area contributed by atoms with Gasteiger partial charge in [-0.15, -0.1) is 0 Å². The second-order valence-corrected chi connectivity index (χ2v) is 5.99. The highest BCUT2D eigenvalue weighted by atomic mass is 19.4. The number of likely N-dealkylation sites (tertiary alicyclic amines) is 1. The van der Waals surface area contributed by atoms with E-state index in [-0.39, 0.29) is 48.8 Å². The van der Waals surface area contributed by atoms with E-state index >= 15 is 0 Å². The maximum atomic E-state index is 13.0. The fourth-order valence-electron chi connectivity index (χ4n) is 2.53. The molecule has 1 aromatic carbocycles. The molecule has 1 heterocycles. The average Bonchev–Trinajstić information content (AvgIpc) is 2.78. The monoisotopic (exact) mass is 328 g/mol. The Morgan fingerprint density at radius 2 is 2.00 bits per heavy atom. The number of hydrogen-bond donors (Lipinski definition) is 1. The Bertz CT molecular complexity index is 599. The predicted octanol–water partition coefficient (Wildman–Crippen LogP) is 2.58. The predicted molar refractivity (Wildman–Crippen MR) is 78.2 cm³/mol. The maximum Gasteiger partial charge on any atom is 0.416 e. The molecular formula is C16H19F3N2O2. The van der Waals surface area contributed by atoms with E-state index in [2.05, 4.69) is 5.32 Å². The van der Waals surface area contributed by atoms with E-state index < -0.39 is 11.7 Å². The van der Waals surface area contributed by atoms with Gasteiger partial charge in [0, 0.05) is 25.4 Å². The number of alkyl halides is 3. The third-order valence-electron chi connectivity index (χ3n) is 3.77. The average molecular weight is 328 g/mol. The van der Waals surface area contributed by atoms with Crippen LogP contribution in [0, 0.1) is 5.92 Å². The number of rotatable bonds is 4. The van der Waals surface area contributed by atoms with Crippen molar-refractivity contribution in [1.82, 2.24) is 10.2 Å². The lowest BCUT2D eigenvalue weighted by Crippen LogP contribution is -2.39. The minimum absolute atomic E-state index is 0.0594. The Labute approximate surface area is 132 Å². The molecule has 0 aliphatic carbocycles. The fraction of sp³-hybridized carbons (Fsp3) is 0.500. The molecule has 1 saturated heterocycles. The molecule has 1 aliphatic heterocycles. The van der Waals surface area contributed by atoms with Crippen LogP contribution in [-0.2, 0) is 22.3 Å². The van der Waals surface area contributed by atoms with Crippen molar-refractivity contribution in [2.45, 2.75) is 39.0 Å². The van der Waals surface area contributed by atoms with E-state index in [1.807, 2.05) is 0 Å². The summed E-state index contributed by atoms with van der Waals surface area (Å²) in [5.74, 6) is -0.624. The van der Waals surface area contributed by atoms with Crippen LogP contribution < -0.4 is 5.32 Å². The van der Waals surface area contributed by atoms with Crippen LogP contribution in [0.5, 0.6) is 0 Å². The molecule has 1 aliphatic rings. The first-order valence-corrected chi connectivity index (χ1v) is 7.41. The van der Waals surface area contributed by atoms with E-state index in [1.165, 1.54) is 23.1 Å². The molecule has 0 bridgehead atoms. The summed E-state index contributed by atoms with van der Waals surface area (Å²) < 4.78 is 39.0. The summed E-state index contributed by atoms with van der Waals surface area (Å²) in [6, 6.07) is 4.87. The molecule has 0 aromatic heterocycles. The second kappa shape index (κ2) is 6.60. The van der Waals surface area contributed by atoms with Gasteiger partial charge < -0.3 is 10.2 Å². The van der Waals surface area contributed by atoms with Gasteiger partial charge in [0.25, 0.3) is 0 Å². The van der Waals surface area contributed by atoms with Crippen LogP contribution >= 0.6 is 0 Å². The fourth-order valence-corrected chi connectivity index (χ4v) is 2.53. The van der Waals surface area contributed by atoms with Crippen molar-refractivity contribution in [3.8, 4) is 0 Å². The summed E-state index contributed by atoms with van der Waals surface area (Å²) in [6.45, 7) is 3.60. The van der Waals surface area contributed by atoms with Crippen LogP contribution in [-0.4, -0.2) is 29.3 Å². The molecule has 7 heteroatoms. The summed E-state index contributed by atoms with van der Waals surface area (Å²) >= 11 is 0. The molecule has 1 fully saturated rings.